The molecule has 11 heteroatoms. The Morgan fingerprint density at radius 3 is 2.03 bits per heavy atom. The second-order valence-corrected chi connectivity index (χ2v) is 17.6. The van der Waals surface area contributed by atoms with Crippen molar-refractivity contribution in [1.29, 1.82) is 0 Å². The predicted molar refractivity (Wildman–Crippen MR) is 140 cm³/mol. The van der Waals surface area contributed by atoms with Crippen molar-refractivity contribution in [2.75, 3.05) is 6.26 Å². The molecule has 2 aliphatic rings. The van der Waals surface area contributed by atoms with E-state index in [4.69, 9.17) is 4.43 Å². The zero-order chi connectivity index (χ0) is 25.6. The molecule has 0 radical (unpaired) electrons. The highest BCUT2D eigenvalue weighted by Crippen LogP contribution is 2.48. The van der Waals surface area contributed by atoms with E-state index in [9.17, 15) is 24.3 Å². The number of hydrogen-bond donors (Lipinski definition) is 1. The highest BCUT2D eigenvalue weighted by atomic mass is 32.2. The molecule has 1 fully saturated rings. The second-order valence-electron chi connectivity index (χ2n) is 9.71. The molecule has 7 nitrogen and oxygen atoms in total. The summed E-state index contributed by atoms with van der Waals surface area (Å²) < 4.78 is 6.44. The average Bonchev–Trinajstić information content (AvgIpc) is 2.84. The van der Waals surface area contributed by atoms with Crippen molar-refractivity contribution in [3.63, 3.8) is 0 Å². The van der Waals surface area contributed by atoms with Gasteiger partial charge in [0.2, 0.25) is 16.1 Å². The van der Waals surface area contributed by atoms with Gasteiger partial charge in [-0.15, -0.1) is 11.8 Å². The summed E-state index contributed by atoms with van der Waals surface area (Å²) >= 11 is 2.71. The van der Waals surface area contributed by atoms with Gasteiger partial charge in [0.15, 0.2) is 14.0 Å². The highest BCUT2D eigenvalue weighted by molar-refractivity contribution is 8.35. The fourth-order valence-corrected chi connectivity index (χ4v) is 8.23. The average molecular weight is 540 g/mol. The number of thioether (sulfide) groups is 3. The summed E-state index contributed by atoms with van der Waals surface area (Å²) in [7, 11) is -2.16. The van der Waals surface area contributed by atoms with E-state index < -0.39 is 41.9 Å². The number of β-lactam (4-membered cyclic amide) rings is 1. The van der Waals surface area contributed by atoms with Crippen LogP contribution in [0.3, 0.4) is 0 Å². The lowest BCUT2D eigenvalue weighted by atomic mass is 9.92. The van der Waals surface area contributed by atoms with E-state index in [0.717, 1.165) is 0 Å². The van der Waals surface area contributed by atoms with E-state index in [0.29, 0.717) is 23.5 Å². The minimum Gasteiger partial charge on any atom is -0.477 e. The standard InChI is InChI=1S/C23H29NO6S3Si/c1-12(30-34(6,7)23(2,3)4)15-17(25)24(18(15)31-5)16(19(26)27)22-32-20(28)13-10-8-9-11-14(13)21(29)33-22/h8-12,15,18H,1-7H3,(H,26,27). The number of likely N-dealkylation sites (tertiary alicyclic amines) is 1. The highest BCUT2D eigenvalue weighted by Gasteiger charge is 2.55. The molecule has 1 aromatic carbocycles. The molecular weight excluding hydrogens is 511 g/mol. The monoisotopic (exact) mass is 539 g/mol. The molecule has 0 bridgehead atoms. The van der Waals surface area contributed by atoms with Crippen LogP contribution in [0.1, 0.15) is 48.4 Å². The maximum absolute atomic E-state index is 13.3. The molecule has 2 heterocycles. The molecule has 34 heavy (non-hydrogen) atoms. The molecule has 1 aromatic rings. The summed E-state index contributed by atoms with van der Waals surface area (Å²) in [5.74, 6) is -2.26. The fraction of sp³-hybridized carbons (Fsp3) is 0.478. The van der Waals surface area contributed by atoms with E-state index in [-0.39, 0.29) is 32.0 Å². The lowest BCUT2D eigenvalue weighted by molar-refractivity contribution is -0.156. The minimum absolute atomic E-state index is 0.00233. The van der Waals surface area contributed by atoms with Gasteiger partial charge in [-0.3, -0.25) is 19.3 Å². The van der Waals surface area contributed by atoms with Crippen LogP contribution >= 0.6 is 35.3 Å². The zero-order valence-corrected chi connectivity index (χ0v) is 23.7. The van der Waals surface area contributed by atoms with Gasteiger partial charge in [0, 0.05) is 11.1 Å². The van der Waals surface area contributed by atoms with E-state index in [2.05, 4.69) is 33.9 Å². The summed E-state index contributed by atoms with van der Waals surface area (Å²) in [6, 6.07) is 6.39. The number of amides is 1. The zero-order valence-electron chi connectivity index (χ0n) is 20.2. The van der Waals surface area contributed by atoms with Gasteiger partial charge in [0.1, 0.15) is 0 Å². The molecular formula is C23H29NO6S3Si. The van der Waals surface area contributed by atoms with E-state index in [1.165, 1.54) is 16.7 Å². The maximum atomic E-state index is 13.3. The van der Waals surface area contributed by atoms with Gasteiger partial charge < -0.3 is 9.53 Å². The molecule has 0 spiro atoms. The number of carboxylic acid groups (broad SMARTS) is 1. The number of rotatable bonds is 6. The number of carboxylic acids is 1. The molecule has 2 aliphatic heterocycles. The van der Waals surface area contributed by atoms with Crippen LogP contribution in [0, 0.1) is 5.92 Å². The Kier molecular flexibility index (Phi) is 7.84. The lowest BCUT2D eigenvalue weighted by Gasteiger charge is -2.50. The van der Waals surface area contributed by atoms with Crippen molar-refractivity contribution >= 4 is 65.7 Å². The predicted octanol–water partition coefficient (Wildman–Crippen LogP) is 5.26. The number of benzene rings is 1. The van der Waals surface area contributed by atoms with Gasteiger partial charge in [0.25, 0.3) is 0 Å². The Bertz CT molecular complexity index is 1040. The Balaban J connectivity index is 1.95. The van der Waals surface area contributed by atoms with Crippen LogP contribution in [0.2, 0.25) is 18.1 Å². The van der Waals surface area contributed by atoms with Crippen molar-refractivity contribution in [3.05, 3.63) is 45.3 Å². The van der Waals surface area contributed by atoms with Crippen LogP contribution in [-0.4, -0.2) is 58.2 Å². The van der Waals surface area contributed by atoms with Crippen LogP contribution in [0.4, 0.5) is 0 Å². The molecule has 3 atom stereocenters. The van der Waals surface area contributed by atoms with Crippen LogP contribution < -0.4 is 0 Å². The molecule has 1 saturated heterocycles. The normalized spacial score (nSPS) is 22.1. The third kappa shape index (κ3) is 4.90. The molecule has 0 saturated carbocycles. The van der Waals surface area contributed by atoms with Crippen molar-refractivity contribution < 1.29 is 28.7 Å². The Morgan fingerprint density at radius 2 is 1.62 bits per heavy atom. The summed E-state index contributed by atoms with van der Waals surface area (Å²) in [4.78, 5) is 52.5. The SMILES string of the molecule is CSC1C(C(C)O[Si](C)(C)C(C)(C)C)C(=O)N1C(C(=O)O)=C1SC(=O)c2ccccc2C(=O)S1. The number of carbonyl (C=O) groups excluding carboxylic acids is 3. The molecule has 184 valence electrons. The van der Waals surface area contributed by atoms with Gasteiger partial charge >= 0.3 is 5.97 Å². The van der Waals surface area contributed by atoms with Gasteiger partial charge in [-0.25, -0.2) is 4.79 Å². The number of nitrogens with zero attached hydrogens (tertiary/aromatic N) is 1. The molecule has 3 unspecified atom stereocenters. The van der Waals surface area contributed by atoms with Crippen molar-refractivity contribution in [2.24, 2.45) is 5.92 Å². The second kappa shape index (κ2) is 9.85. The largest absolute Gasteiger partial charge is 0.477 e. The van der Waals surface area contributed by atoms with Crippen LogP contribution in [0.5, 0.6) is 0 Å². The van der Waals surface area contributed by atoms with Gasteiger partial charge in [-0.2, -0.15) is 0 Å². The van der Waals surface area contributed by atoms with Crippen LogP contribution in [0.25, 0.3) is 0 Å². The minimum atomic E-state index is -2.16. The van der Waals surface area contributed by atoms with E-state index in [1.807, 2.05) is 6.92 Å². The maximum Gasteiger partial charge on any atom is 0.354 e. The Labute approximate surface area is 213 Å². The molecule has 1 amide bonds. The first-order valence-electron chi connectivity index (χ1n) is 10.8. The Hall–Kier alpha value is -1.53. The molecule has 1 N–H and O–H groups in total. The lowest BCUT2D eigenvalue weighted by Crippen LogP contribution is -2.64. The van der Waals surface area contributed by atoms with E-state index >= 15 is 0 Å². The number of fused-ring (bicyclic) bond motifs is 1. The first-order valence-corrected chi connectivity index (χ1v) is 16.6. The number of carbonyl (C=O) groups is 4. The third-order valence-electron chi connectivity index (χ3n) is 6.49. The quantitative estimate of drug-likeness (QED) is 0.295. The molecule has 0 aliphatic carbocycles. The number of aliphatic carboxylic acids is 1. The first-order chi connectivity index (χ1) is 15.7. The third-order valence-corrected chi connectivity index (χ3v) is 14.1. The summed E-state index contributed by atoms with van der Waals surface area (Å²) in [5.41, 5.74) is 0.135. The topological polar surface area (TPSA) is 101 Å². The van der Waals surface area contributed by atoms with Gasteiger partial charge in [-0.1, -0.05) is 32.9 Å². The summed E-state index contributed by atoms with van der Waals surface area (Å²) in [5, 5.41) is 8.68. The first kappa shape index (κ1) is 27.1. The van der Waals surface area contributed by atoms with Crippen LogP contribution in [-0.2, 0) is 14.0 Å². The Morgan fingerprint density at radius 1 is 1.12 bits per heavy atom. The summed E-state index contributed by atoms with van der Waals surface area (Å²) in [6.45, 7) is 12.4. The van der Waals surface area contributed by atoms with Crippen molar-refractivity contribution in [1.82, 2.24) is 4.90 Å². The van der Waals surface area contributed by atoms with Gasteiger partial charge in [0.05, 0.1) is 21.6 Å². The summed E-state index contributed by atoms with van der Waals surface area (Å²) in [6.07, 6.45) is 1.41. The van der Waals surface area contributed by atoms with E-state index in [1.54, 1.807) is 30.5 Å². The van der Waals surface area contributed by atoms with Crippen LogP contribution in [0.15, 0.2) is 34.2 Å². The van der Waals surface area contributed by atoms with Crippen molar-refractivity contribution in [2.45, 2.75) is 57.3 Å². The fourth-order valence-electron chi connectivity index (χ4n) is 3.65. The molecule has 0 aromatic heterocycles. The molecule has 3 rings (SSSR count). The smallest absolute Gasteiger partial charge is 0.354 e. The van der Waals surface area contributed by atoms with Gasteiger partial charge in [-0.05, 0) is 67.0 Å². The number of hydrogen-bond acceptors (Lipinski definition) is 8. The van der Waals surface area contributed by atoms with Crippen molar-refractivity contribution in [3.8, 4) is 0 Å².